The van der Waals surface area contributed by atoms with Crippen LogP contribution in [-0.4, -0.2) is 21.3 Å². The maximum Gasteiger partial charge on any atom is 0.131 e. The van der Waals surface area contributed by atoms with Crippen LogP contribution in [0.1, 0.15) is 30.9 Å². The molecule has 20 heavy (non-hydrogen) atoms. The van der Waals surface area contributed by atoms with Gasteiger partial charge < -0.3 is 19.9 Å². The van der Waals surface area contributed by atoms with Crippen LogP contribution < -0.4 is 19.9 Å². The molecule has 0 bridgehead atoms. The van der Waals surface area contributed by atoms with Gasteiger partial charge in [-0.1, -0.05) is 6.42 Å². The van der Waals surface area contributed by atoms with Gasteiger partial charge in [-0.05, 0) is 30.6 Å². The van der Waals surface area contributed by atoms with Crippen molar-refractivity contribution in [2.75, 3.05) is 21.3 Å². The van der Waals surface area contributed by atoms with Gasteiger partial charge in [-0.15, -0.1) is 0 Å². The van der Waals surface area contributed by atoms with Gasteiger partial charge in [0.1, 0.15) is 17.2 Å². The summed E-state index contributed by atoms with van der Waals surface area (Å²) in [5.74, 6) is 4.45. The summed E-state index contributed by atoms with van der Waals surface area (Å²) in [6.45, 7) is 0. The monoisotopic (exact) mass is 277 g/mol. The van der Waals surface area contributed by atoms with Crippen molar-refractivity contribution >= 4 is 0 Å². The van der Waals surface area contributed by atoms with E-state index in [1.807, 2.05) is 12.1 Å². The molecule has 0 aromatic heterocycles. The highest BCUT2D eigenvalue weighted by Gasteiger charge is 2.56. The SMILES string of the molecule is COc1cc(OC)c(C(N)C2C3CCCC32)c(OC)c1. The van der Waals surface area contributed by atoms with Crippen molar-refractivity contribution in [2.45, 2.75) is 25.3 Å². The van der Waals surface area contributed by atoms with E-state index < -0.39 is 0 Å². The Morgan fingerprint density at radius 1 is 1.00 bits per heavy atom. The highest BCUT2D eigenvalue weighted by molar-refractivity contribution is 5.53. The van der Waals surface area contributed by atoms with Crippen molar-refractivity contribution in [1.29, 1.82) is 0 Å². The average molecular weight is 277 g/mol. The molecule has 4 nitrogen and oxygen atoms in total. The van der Waals surface area contributed by atoms with E-state index in [0.29, 0.717) is 5.92 Å². The van der Waals surface area contributed by atoms with Crippen LogP contribution >= 0.6 is 0 Å². The van der Waals surface area contributed by atoms with Crippen molar-refractivity contribution in [1.82, 2.24) is 0 Å². The van der Waals surface area contributed by atoms with Crippen molar-refractivity contribution in [3.63, 3.8) is 0 Å². The van der Waals surface area contributed by atoms with E-state index in [-0.39, 0.29) is 6.04 Å². The fourth-order valence-electron chi connectivity index (χ4n) is 3.96. The first kappa shape index (κ1) is 13.6. The quantitative estimate of drug-likeness (QED) is 0.899. The third kappa shape index (κ3) is 2.03. The van der Waals surface area contributed by atoms with Gasteiger partial charge in [0.25, 0.3) is 0 Å². The van der Waals surface area contributed by atoms with Gasteiger partial charge in [-0.2, -0.15) is 0 Å². The van der Waals surface area contributed by atoms with Crippen LogP contribution in [0.25, 0.3) is 0 Å². The molecule has 3 atom stereocenters. The maximum atomic E-state index is 6.53. The predicted octanol–water partition coefficient (Wildman–Crippen LogP) is 2.76. The summed E-state index contributed by atoms with van der Waals surface area (Å²) >= 11 is 0. The zero-order chi connectivity index (χ0) is 14.3. The molecule has 1 aromatic rings. The highest BCUT2D eigenvalue weighted by atomic mass is 16.5. The Hall–Kier alpha value is -1.42. The van der Waals surface area contributed by atoms with Crippen molar-refractivity contribution in [3.8, 4) is 17.2 Å². The largest absolute Gasteiger partial charge is 0.496 e. The van der Waals surface area contributed by atoms with Crippen LogP contribution in [0.4, 0.5) is 0 Å². The zero-order valence-corrected chi connectivity index (χ0v) is 12.4. The van der Waals surface area contributed by atoms with Gasteiger partial charge in [-0.3, -0.25) is 0 Å². The molecule has 4 heteroatoms. The molecular weight excluding hydrogens is 254 g/mol. The lowest BCUT2D eigenvalue weighted by molar-refractivity contribution is 0.356. The molecule has 1 aromatic carbocycles. The molecule has 0 saturated heterocycles. The number of rotatable bonds is 5. The zero-order valence-electron chi connectivity index (χ0n) is 12.4. The summed E-state index contributed by atoms with van der Waals surface area (Å²) in [5, 5.41) is 0. The minimum Gasteiger partial charge on any atom is -0.496 e. The van der Waals surface area contributed by atoms with Crippen LogP contribution in [0.3, 0.4) is 0 Å². The highest BCUT2D eigenvalue weighted by Crippen LogP contribution is 2.63. The fraction of sp³-hybridized carbons (Fsp3) is 0.625. The lowest BCUT2D eigenvalue weighted by atomic mass is 9.96. The van der Waals surface area contributed by atoms with Gasteiger partial charge in [0, 0.05) is 18.2 Å². The first-order chi connectivity index (χ1) is 9.71. The van der Waals surface area contributed by atoms with Crippen LogP contribution in [-0.2, 0) is 0 Å². The topological polar surface area (TPSA) is 53.7 Å². The van der Waals surface area contributed by atoms with E-state index in [1.54, 1.807) is 21.3 Å². The van der Waals surface area contributed by atoms with E-state index in [4.69, 9.17) is 19.9 Å². The van der Waals surface area contributed by atoms with Gasteiger partial charge in [0.2, 0.25) is 0 Å². The normalized spacial score (nSPS) is 28.7. The molecule has 0 heterocycles. The molecule has 3 rings (SSSR count). The molecule has 110 valence electrons. The average Bonchev–Trinajstić information content (AvgIpc) is 2.97. The molecule has 2 aliphatic rings. The molecule has 2 fully saturated rings. The van der Waals surface area contributed by atoms with Crippen molar-refractivity contribution < 1.29 is 14.2 Å². The van der Waals surface area contributed by atoms with E-state index in [0.717, 1.165) is 34.6 Å². The summed E-state index contributed by atoms with van der Waals surface area (Å²) in [6.07, 6.45) is 4.00. The second kappa shape index (κ2) is 5.17. The van der Waals surface area contributed by atoms with Gasteiger partial charge in [0.05, 0.1) is 26.9 Å². The van der Waals surface area contributed by atoms with E-state index in [9.17, 15) is 0 Å². The Morgan fingerprint density at radius 3 is 2.00 bits per heavy atom. The molecule has 0 radical (unpaired) electrons. The Balaban J connectivity index is 1.94. The number of fused-ring (bicyclic) bond motifs is 1. The van der Waals surface area contributed by atoms with E-state index >= 15 is 0 Å². The Kier molecular flexibility index (Phi) is 3.50. The Bertz CT molecular complexity index is 467. The van der Waals surface area contributed by atoms with Crippen LogP contribution in [0, 0.1) is 17.8 Å². The second-order valence-electron chi connectivity index (χ2n) is 5.81. The number of ether oxygens (including phenoxy) is 3. The van der Waals surface area contributed by atoms with Crippen LogP contribution in [0.2, 0.25) is 0 Å². The maximum absolute atomic E-state index is 6.53. The summed E-state index contributed by atoms with van der Waals surface area (Å²) in [6, 6.07) is 3.76. The van der Waals surface area contributed by atoms with E-state index in [2.05, 4.69) is 0 Å². The number of benzene rings is 1. The van der Waals surface area contributed by atoms with E-state index in [1.165, 1.54) is 19.3 Å². The lowest BCUT2D eigenvalue weighted by Gasteiger charge is -2.21. The summed E-state index contributed by atoms with van der Waals surface area (Å²) < 4.78 is 16.3. The minimum atomic E-state index is -0.0129. The molecule has 0 amide bonds. The number of hydrogen-bond acceptors (Lipinski definition) is 4. The molecule has 0 spiro atoms. The predicted molar refractivity (Wildman–Crippen MR) is 77.3 cm³/mol. The minimum absolute atomic E-state index is 0.0129. The van der Waals surface area contributed by atoms with Crippen LogP contribution in [0.15, 0.2) is 12.1 Å². The smallest absolute Gasteiger partial charge is 0.131 e. The third-order valence-corrected chi connectivity index (χ3v) is 4.97. The lowest BCUT2D eigenvalue weighted by Crippen LogP contribution is -2.17. The number of methoxy groups -OCH3 is 3. The summed E-state index contributed by atoms with van der Waals surface area (Å²) in [7, 11) is 4.97. The third-order valence-electron chi connectivity index (χ3n) is 4.97. The first-order valence-electron chi connectivity index (χ1n) is 7.26. The van der Waals surface area contributed by atoms with Crippen LogP contribution in [0.5, 0.6) is 17.2 Å². The van der Waals surface area contributed by atoms with Crippen molar-refractivity contribution in [2.24, 2.45) is 23.5 Å². The number of hydrogen-bond donors (Lipinski definition) is 1. The molecule has 3 unspecified atom stereocenters. The number of nitrogens with two attached hydrogens (primary N) is 1. The molecule has 2 aliphatic carbocycles. The standard InChI is InChI=1S/C16H23NO3/c1-18-9-7-12(19-2)15(13(8-9)20-3)16(17)14-10-5-4-6-11(10)14/h7-8,10-11,14,16H,4-6,17H2,1-3H3. The van der Waals surface area contributed by atoms with Gasteiger partial charge in [-0.25, -0.2) is 0 Å². The second-order valence-corrected chi connectivity index (χ2v) is 5.81. The Labute approximate surface area is 120 Å². The molecule has 0 aliphatic heterocycles. The summed E-state index contributed by atoms with van der Waals surface area (Å²) in [4.78, 5) is 0. The van der Waals surface area contributed by atoms with Gasteiger partial charge >= 0.3 is 0 Å². The Morgan fingerprint density at radius 2 is 1.55 bits per heavy atom. The molecule has 2 N–H and O–H groups in total. The van der Waals surface area contributed by atoms with Gasteiger partial charge in [0.15, 0.2) is 0 Å². The fourth-order valence-corrected chi connectivity index (χ4v) is 3.96. The molecular formula is C16H23NO3. The van der Waals surface area contributed by atoms with Crippen molar-refractivity contribution in [3.05, 3.63) is 17.7 Å². The molecule has 2 saturated carbocycles. The summed E-state index contributed by atoms with van der Waals surface area (Å²) in [5.41, 5.74) is 7.52. The first-order valence-corrected chi connectivity index (χ1v) is 7.26.